The molecule has 0 aromatic heterocycles. The first-order valence-electron chi connectivity index (χ1n) is 4.44. The smallest absolute Gasteiger partial charge is 0.141 e. The summed E-state index contributed by atoms with van der Waals surface area (Å²) in [5.74, 6) is 0.201. The molecule has 1 rings (SSSR count). The molecule has 0 aromatic rings. The standard InChI is InChI=1S/C10H16O2/c1-6-4-5-9(11)8(3)10(12)7(6)2/h4-9,11H,1-3H3/t6-,7-,8+,9-/m0/s1. The van der Waals surface area contributed by atoms with E-state index in [1.807, 2.05) is 19.9 Å². The maximum atomic E-state index is 11.6. The van der Waals surface area contributed by atoms with E-state index in [0.29, 0.717) is 0 Å². The highest BCUT2D eigenvalue weighted by molar-refractivity contribution is 5.84. The molecule has 0 saturated carbocycles. The van der Waals surface area contributed by atoms with Gasteiger partial charge in [-0.3, -0.25) is 4.79 Å². The molecule has 2 heteroatoms. The molecule has 0 bridgehead atoms. The van der Waals surface area contributed by atoms with E-state index in [2.05, 4.69) is 0 Å². The molecule has 0 saturated heterocycles. The Bertz CT molecular complexity index is 188. The molecule has 0 heterocycles. The van der Waals surface area contributed by atoms with Crippen LogP contribution in [0.3, 0.4) is 0 Å². The third-order valence-corrected chi connectivity index (χ3v) is 2.81. The van der Waals surface area contributed by atoms with Gasteiger partial charge in [0.15, 0.2) is 0 Å². The Morgan fingerprint density at radius 2 is 1.75 bits per heavy atom. The normalized spacial score (nSPS) is 42.8. The lowest BCUT2D eigenvalue weighted by Gasteiger charge is -2.17. The average molecular weight is 168 g/mol. The molecule has 4 atom stereocenters. The largest absolute Gasteiger partial charge is 0.388 e. The Labute approximate surface area is 73.3 Å². The Kier molecular flexibility index (Phi) is 2.68. The molecule has 68 valence electrons. The van der Waals surface area contributed by atoms with Gasteiger partial charge in [-0.05, 0) is 5.92 Å². The minimum Gasteiger partial charge on any atom is -0.388 e. The SMILES string of the molecule is C[C@@H]1C(=O)[C@H](C)[C@@H](O)C=C[C@@H]1C. The van der Waals surface area contributed by atoms with Gasteiger partial charge in [-0.1, -0.05) is 32.9 Å². The van der Waals surface area contributed by atoms with Crippen LogP contribution < -0.4 is 0 Å². The fourth-order valence-electron chi connectivity index (χ4n) is 1.46. The van der Waals surface area contributed by atoms with Crippen molar-refractivity contribution in [3.63, 3.8) is 0 Å². The minimum absolute atomic E-state index is 0.0356. The van der Waals surface area contributed by atoms with Gasteiger partial charge in [-0.2, -0.15) is 0 Å². The van der Waals surface area contributed by atoms with Gasteiger partial charge >= 0.3 is 0 Å². The van der Waals surface area contributed by atoms with E-state index in [1.165, 1.54) is 0 Å². The van der Waals surface area contributed by atoms with E-state index in [0.717, 1.165) is 0 Å². The zero-order valence-corrected chi connectivity index (χ0v) is 7.82. The molecule has 2 nitrogen and oxygen atoms in total. The number of carbonyl (C=O) groups excluding carboxylic acids is 1. The Morgan fingerprint density at radius 3 is 2.33 bits per heavy atom. The van der Waals surface area contributed by atoms with Crippen molar-refractivity contribution in [3.05, 3.63) is 12.2 Å². The summed E-state index contributed by atoms with van der Waals surface area (Å²) in [4.78, 5) is 11.6. The Hall–Kier alpha value is -0.630. The Morgan fingerprint density at radius 1 is 1.17 bits per heavy atom. The van der Waals surface area contributed by atoms with E-state index in [9.17, 15) is 9.90 Å². The number of carbonyl (C=O) groups is 1. The second-order valence-corrected chi connectivity index (χ2v) is 3.71. The molecule has 0 radical (unpaired) electrons. The first-order chi connectivity index (χ1) is 5.54. The van der Waals surface area contributed by atoms with Gasteiger partial charge < -0.3 is 5.11 Å². The predicted octanol–water partition coefficient (Wildman–Crippen LogP) is 1.39. The van der Waals surface area contributed by atoms with Crippen LogP contribution in [0.4, 0.5) is 0 Å². The van der Waals surface area contributed by atoms with E-state index in [1.54, 1.807) is 13.0 Å². The summed E-state index contributed by atoms with van der Waals surface area (Å²) in [6, 6.07) is 0. The summed E-state index contributed by atoms with van der Waals surface area (Å²) in [6.45, 7) is 5.71. The van der Waals surface area contributed by atoms with Crippen LogP contribution in [0.15, 0.2) is 12.2 Å². The summed E-state index contributed by atoms with van der Waals surface area (Å²) in [5, 5.41) is 9.46. The molecule has 12 heavy (non-hydrogen) atoms. The van der Waals surface area contributed by atoms with Crippen LogP contribution in [0.1, 0.15) is 20.8 Å². The number of hydrogen-bond donors (Lipinski definition) is 1. The van der Waals surface area contributed by atoms with E-state index < -0.39 is 6.10 Å². The Balaban J connectivity index is 2.87. The summed E-state index contributed by atoms with van der Waals surface area (Å²) < 4.78 is 0. The molecule has 0 fully saturated rings. The van der Waals surface area contributed by atoms with Crippen molar-refractivity contribution in [2.75, 3.05) is 0 Å². The van der Waals surface area contributed by atoms with Gasteiger partial charge in [-0.25, -0.2) is 0 Å². The van der Waals surface area contributed by atoms with Gasteiger partial charge in [0.1, 0.15) is 5.78 Å². The van der Waals surface area contributed by atoms with Gasteiger partial charge in [0.05, 0.1) is 6.10 Å². The van der Waals surface area contributed by atoms with Crippen molar-refractivity contribution in [2.24, 2.45) is 17.8 Å². The first-order valence-corrected chi connectivity index (χ1v) is 4.44. The molecule has 0 unspecified atom stereocenters. The number of ketones is 1. The fourth-order valence-corrected chi connectivity index (χ4v) is 1.46. The number of allylic oxidation sites excluding steroid dienone is 1. The molecule has 1 aliphatic carbocycles. The molecule has 0 aliphatic heterocycles. The van der Waals surface area contributed by atoms with Crippen molar-refractivity contribution in [3.8, 4) is 0 Å². The quantitative estimate of drug-likeness (QED) is 0.555. The van der Waals surface area contributed by atoms with Crippen molar-refractivity contribution >= 4 is 5.78 Å². The first kappa shape index (κ1) is 9.46. The lowest BCUT2D eigenvalue weighted by Crippen LogP contribution is -2.28. The second kappa shape index (κ2) is 3.40. The van der Waals surface area contributed by atoms with Crippen molar-refractivity contribution in [1.82, 2.24) is 0 Å². The topological polar surface area (TPSA) is 37.3 Å². The van der Waals surface area contributed by atoms with Crippen LogP contribution in [0, 0.1) is 17.8 Å². The lowest BCUT2D eigenvalue weighted by atomic mass is 9.87. The van der Waals surface area contributed by atoms with Gasteiger partial charge in [-0.15, -0.1) is 0 Å². The van der Waals surface area contributed by atoms with Crippen LogP contribution in [-0.2, 0) is 4.79 Å². The molecular weight excluding hydrogens is 152 g/mol. The number of aliphatic hydroxyl groups is 1. The summed E-state index contributed by atoms with van der Waals surface area (Å²) >= 11 is 0. The molecule has 0 amide bonds. The van der Waals surface area contributed by atoms with Crippen LogP contribution in [-0.4, -0.2) is 17.0 Å². The number of Topliss-reactive ketones (excluding diaryl/α,β-unsaturated/α-hetero) is 1. The zero-order valence-electron chi connectivity index (χ0n) is 7.82. The highest BCUT2D eigenvalue weighted by atomic mass is 16.3. The van der Waals surface area contributed by atoms with Gasteiger partial charge in [0.25, 0.3) is 0 Å². The lowest BCUT2D eigenvalue weighted by molar-refractivity contribution is -0.128. The molecule has 1 N–H and O–H groups in total. The molecule has 0 aromatic carbocycles. The third kappa shape index (κ3) is 1.58. The molecular formula is C10H16O2. The number of hydrogen-bond acceptors (Lipinski definition) is 2. The highest BCUT2D eigenvalue weighted by Gasteiger charge is 2.29. The average Bonchev–Trinajstić information content (AvgIpc) is 2.14. The highest BCUT2D eigenvalue weighted by Crippen LogP contribution is 2.24. The van der Waals surface area contributed by atoms with Crippen molar-refractivity contribution < 1.29 is 9.90 Å². The van der Waals surface area contributed by atoms with Crippen LogP contribution in [0.2, 0.25) is 0 Å². The maximum absolute atomic E-state index is 11.6. The van der Waals surface area contributed by atoms with Crippen LogP contribution >= 0.6 is 0 Å². The van der Waals surface area contributed by atoms with Gasteiger partial charge in [0.2, 0.25) is 0 Å². The zero-order chi connectivity index (χ0) is 9.30. The minimum atomic E-state index is -0.593. The molecule has 1 aliphatic rings. The summed E-state index contributed by atoms with van der Waals surface area (Å²) in [5.41, 5.74) is 0. The molecule has 0 spiro atoms. The predicted molar refractivity (Wildman–Crippen MR) is 47.6 cm³/mol. The second-order valence-electron chi connectivity index (χ2n) is 3.71. The van der Waals surface area contributed by atoms with E-state index >= 15 is 0 Å². The van der Waals surface area contributed by atoms with Gasteiger partial charge in [0, 0.05) is 11.8 Å². The third-order valence-electron chi connectivity index (χ3n) is 2.81. The van der Waals surface area contributed by atoms with E-state index in [4.69, 9.17) is 0 Å². The van der Waals surface area contributed by atoms with E-state index in [-0.39, 0.29) is 23.5 Å². The summed E-state index contributed by atoms with van der Waals surface area (Å²) in [6.07, 6.45) is 3.07. The van der Waals surface area contributed by atoms with Crippen molar-refractivity contribution in [2.45, 2.75) is 26.9 Å². The monoisotopic (exact) mass is 168 g/mol. The van der Waals surface area contributed by atoms with Crippen molar-refractivity contribution in [1.29, 1.82) is 0 Å². The fraction of sp³-hybridized carbons (Fsp3) is 0.700. The van der Waals surface area contributed by atoms with Crippen LogP contribution in [0.5, 0.6) is 0 Å². The van der Waals surface area contributed by atoms with Crippen LogP contribution in [0.25, 0.3) is 0 Å². The number of rotatable bonds is 0. The summed E-state index contributed by atoms with van der Waals surface area (Å²) in [7, 11) is 0. The maximum Gasteiger partial charge on any atom is 0.141 e. The number of aliphatic hydroxyl groups excluding tert-OH is 1.